The van der Waals surface area contributed by atoms with Crippen molar-refractivity contribution in [1.29, 1.82) is 0 Å². The van der Waals surface area contributed by atoms with Crippen LogP contribution in [0, 0.1) is 0 Å². The van der Waals surface area contributed by atoms with E-state index in [-0.39, 0.29) is 5.56 Å². The predicted molar refractivity (Wildman–Crippen MR) is 112 cm³/mol. The van der Waals surface area contributed by atoms with Gasteiger partial charge in [0.1, 0.15) is 0 Å². The van der Waals surface area contributed by atoms with E-state index in [1.807, 2.05) is 36.4 Å². The Morgan fingerprint density at radius 2 is 1.79 bits per heavy atom. The molecule has 1 aromatic carbocycles. The van der Waals surface area contributed by atoms with Gasteiger partial charge in [0.05, 0.1) is 17.0 Å². The SMILES string of the molecule is CCN(CC)Cc1c(-c2cc(-c3ccncc3)n[nH]c2=O)[nH]c2ccccc12. The maximum Gasteiger partial charge on any atom is 0.273 e. The summed E-state index contributed by atoms with van der Waals surface area (Å²) in [6, 6.07) is 13.8. The molecule has 4 aromatic rings. The van der Waals surface area contributed by atoms with Crippen molar-refractivity contribution in [3.63, 3.8) is 0 Å². The molecule has 0 spiro atoms. The Bertz CT molecular complexity index is 1140. The van der Waals surface area contributed by atoms with E-state index in [0.717, 1.165) is 47.4 Å². The number of para-hydroxylation sites is 1. The monoisotopic (exact) mass is 373 g/mol. The van der Waals surface area contributed by atoms with Crippen LogP contribution in [0.5, 0.6) is 0 Å². The molecule has 0 aliphatic rings. The van der Waals surface area contributed by atoms with Crippen LogP contribution in [0.2, 0.25) is 0 Å². The van der Waals surface area contributed by atoms with Crippen molar-refractivity contribution < 1.29 is 0 Å². The summed E-state index contributed by atoms with van der Waals surface area (Å²) < 4.78 is 0. The third-order valence-corrected chi connectivity index (χ3v) is 5.14. The minimum Gasteiger partial charge on any atom is -0.354 e. The van der Waals surface area contributed by atoms with E-state index in [0.29, 0.717) is 11.3 Å². The number of nitrogens with zero attached hydrogens (tertiary/aromatic N) is 3. The number of hydrogen-bond donors (Lipinski definition) is 2. The topological polar surface area (TPSA) is 77.7 Å². The van der Waals surface area contributed by atoms with Crippen molar-refractivity contribution in [3.8, 4) is 22.5 Å². The van der Waals surface area contributed by atoms with E-state index >= 15 is 0 Å². The average molecular weight is 373 g/mol. The number of nitrogens with one attached hydrogen (secondary N) is 2. The van der Waals surface area contributed by atoms with Crippen molar-refractivity contribution >= 4 is 10.9 Å². The number of aromatic nitrogens is 4. The van der Waals surface area contributed by atoms with E-state index in [2.05, 4.69) is 45.0 Å². The molecule has 6 nitrogen and oxygen atoms in total. The Labute approximate surface area is 163 Å². The first-order valence-electron chi connectivity index (χ1n) is 9.53. The largest absolute Gasteiger partial charge is 0.354 e. The molecule has 2 N–H and O–H groups in total. The van der Waals surface area contributed by atoms with Gasteiger partial charge in [0.25, 0.3) is 5.56 Å². The molecule has 3 aromatic heterocycles. The Hall–Kier alpha value is -3.25. The fourth-order valence-corrected chi connectivity index (χ4v) is 3.53. The Morgan fingerprint density at radius 3 is 2.54 bits per heavy atom. The van der Waals surface area contributed by atoms with Crippen LogP contribution in [0.4, 0.5) is 0 Å². The van der Waals surface area contributed by atoms with E-state index in [4.69, 9.17) is 0 Å². The third kappa shape index (κ3) is 3.34. The summed E-state index contributed by atoms with van der Waals surface area (Å²) in [5.41, 5.74) is 5.04. The molecule has 0 saturated heterocycles. The summed E-state index contributed by atoms with van der Waals surface area (Å²) in [5, 5.41) is 8.03. The van der Waals surface area contributed by atoms with Gasteiger partial charge < -0.3 is 4.98 Å². The number of pyridine rings is 1. The van der Waals surface area contributed by atoms with Crippen molar-refractivity contribution in [2.45, 2.75) is 20.4 Å². The second kappa shape index (κ2) is 7.78. The first kappa shape index (κ1) is 18.1. The van der Waals surface area contributed by atoms with Gasteiger partial charge in [0.15, 0.2) is 0 Å². The van der Waals surface area contributed by atoms with Crippen LogP contribution in [0.25, 0.3) is 33.4 Å². The summed E-state index contributed by atoms with van der Waals surface area (Å²) in [5.74, 6) is 0. The van der Waals surface area contributed by atoms with Crippen molar-refractivity contribution in [1.82, 2.24) is 25.1 Å². The predicted octanol–water partition coefficient (Wildman–Crippen LogP) is 3.82. The molecule has 0 atom stereocenters. The molecule has 28 heavy (non-hydrogen) atoms. The van der Waals surface area contributed by atoms with Gasteiger partial charge in [0.2, 0.25) is 0 Å². The molecule has 0 aliphatic heterocycles. The van der Waals surface area contributed by atoms with E-state index in [9.17, 15) is 4.79 Å². The van der Waals surface area contributed by atoms with Crippen LogP contribution in [0.3, 0.4) is 0 Å². The number of fused-ring (bicyclic) bond motifs is 1. The third-order valence-electron chi connectivity index (χ3n) is 5.14. The van der Waals surface area contributed by atoms with Gasteiger partial charge >= 0.3 is 0 Å². The van der Waals surface area contributed by atoms with Crippen molar-refractivity contribution in [2.75, 3.05) is 13.1 Å². The Morgan fingerprint density at radius 1 is 1.04 bits per heavy atom. The maximum absolute atomic E-state index is 12.7. The lowest BCUT2D eigenvalue weighted by atomic mass is 10.0. The number of rotatable bonds is 6. The zero-order valence-electron chi connectivity index (χ0n) is 16.1. The quantitative estimate of drug-likeness (QED) is 0.539. The lowest BCUT2D eigenvalue weighted by Gasteiger charge is -2.18. The zero-order valence-corrected chi connectivity index (χ0v) is 16.1. The van der Waals surface area contributed by atoms with Gasteiger partial charge in [-0.1, -0.05) is 32.0 Å². The smallest absolute Gasteiger partial charge is 0.273 e. The molecule has 0 amide bonds. The van der Waals surface area contributed by atoms with E-state index in [1.165, 1.54) is 0 Å². The van der Waals surface area contributed by atoms with Crippen molar-refractivity contribution in [2.24, 2.45) is 0 Å². The standard InChI is InChI=1S/C22H23N5O/c1-3-27(4-2)14-18-16-7-5-6-8-19(16)24-21(18)17-13-20(25-26-22(17)28)15-9-11-23-12-10-15/h5-13,24H,3-4,14H2,1-2H3,(H,26,28). The van der Waals surface area contributed by atoms with Gasteiger partial charge in [-0.2, -0.15) is 5.10 Å². The fourth-order valence-electron chi connectivity index (χ4n) is 3.53. The van der Waals surface area contributed by atoms with Crippen LogP contribution in [-0.4, -0.2) is 38.2 Å². The van der Waals surface area contributed by atoms with Gasteiger partial charge in [-0.15, -0.1) is 0 Å². The summed E-state index contributed by atoms with van der Waals surface area (Å²) >= 11 is 0. The van der Waals surface area contributed by atoms with Crippen LogP contribution < -0.4 is 5.56 Å². The van der Waals surface area contributed by atoms with Gasteiger partial charge in [-0.05, 0) is 42.9 Å². The fraction of sp³-hybridized carbons (Fsp3) is 0.227. The van der Waals surface area contributed by atoms with Crippen LogP contribution >= 0.6 is 0 Å². The molecular weight excluding hydrogens is 350 g/mol. The van der Waals surface area contributed by atoms with E-state index in [1.54, 1.807) is 12.4 Å². The first-order chi connectivity index (χ1) is 13.7. The molecule has 3 heterocycles. The normalized spacial score (nSPS) is 11.4. The highest BCUT2D eigenvalue weighted by molar-refractivity contribution is 5.91. The Kier molecular flexibility index (Phi) is 5.04. The minimum absolute atomic E-state index is 0.204. The molecule has 0 aliphatic carbocycles. The summed E-state index contributed by atoms with van der Waals surface area (Å²) in [4.78, 5) is 22.6. The summed E-state index contributed by atoms with van der Waals surface area (Å²) in [6.07, 6.45) is 3.44. The Balaban J connectivity index is 1.90. The molecule has 0 saturated carbocycles. The summed E-state index contributed by atoms with van der Waals surface area (Å²) in [7, 11) is 0. The molecule has 142 valence electrons. The first-order valence-corrected chi connectivity index (χ1v) is 9.53. The molecule has 0 fully saturated rings. The molecular formula is C22H23N5O. The summed E-state index contributed by atoms with van der Waals surface area (Å²) in [6.45, 7) is 6.98. The minimum atomic E-state index is -0.204. The highest BCUT2D eigenvalue weighted by Gasteiger charge is 2.18. The number of hydrogen-bond acceptors (Lipinski definition) is 4. The second-order valence-corrected chi connectivity index (χ2v) is 6.72. The molecule has 0 radical (unpaired) electrons. The molecule has 4 rings (SSSR count). The number of aromatic amines is 2. The maximum atomic E-state index is 12.7. The number of H-pyrrole nitrogens is 2. The van der Waals surface area contributed by atoms with Crippen LogP contribution in [-0.2, 0) is 6.54 Å². The second-order valence-electron chi connectivity index (χ2n) is 6.72. The molecule has 6 heteroatoms. The number of benzene rings is 1. The van der Waals surface area contributed by atoms with Crippen LogP contribution in [0.1, 0.15) is 19.4 Å². The van der Waals surface area contributed by atoms with Crippen LogP contribution in [0.15, 0.2) is 59.7 Å². The van der Waals surface area contributed by atoms with Gasteiger partial charge in [0, 0.05) is 35.4 Å². The van der Waals surface area contributed by atoms with E-state index < -0.39 is 0 Å². The van der Waals surface area contributed by atoms with Gasteiger partial charge in [-0.3, -0.25) is 14.7 Å². The molecule has 0 unspecified atom stereocenters. The lowest BCUT2D eigenvalue weighted by molar-refractivity contribution is 0.297. The van der Waals surface area contributed by atoms with Gasteiger partial charge in [-0.25, -0.2) is 5.10 Å². The van der Waals surface area contributed by atoms with Crippen molar-refractivity contribution in [3.05, 3.63) is 70.8 Å². The highest BCUT2D eigenvalue weighted by Crippen LogP contribution is 2.31. The lowest BCUT2D eigenvalue weighted by Crippen LogP contribution is -2.22. The highest BCUT2D eigenvalue weighted by atomic mass is 16.1. The zero-order chi connectivity index (χ0) is 19.5. The molecule has 0 bridgehead atoms. The average Bonchev–Trinajstić information content (AvgIpc) is 3.11.